The number of urea groups is 2. The van der Waals surface area contributed by atoms with Crippen molar-refractivity contribution in [3.63, 3.8) is 0 Å². The van der Waals surface area contributed by atoms with Gasteiger partial charge >= 0.3 is 12.1 Å². The summed E-state index contributed by atoms with van der Waals surface area (Å²) in [7, 11) is 2.77. The molecule has 2 aliphatic heterocycles. The van der Waals surface area contributed by atoms with E-state index in [0.717, 1.165) is 54.4 Å². The summed E-state index contributed by atoms with van der Waals surface area (Å²) in [5.74, 6) is -1.22. The SMILES string of the molecule is O=C1NCCN1C1CCC1.[2H]C([2H])([2H])NC(=O)c1nnc(Cl)cc1Nc1cccc(-c2ncn(C([2H])([2H])[2H])n2)c1OC.[2H]C([2H])([2H])NC(=O)c1nnc(N2CCN(C3CCC3)C2=O)cc1Nc1cccc(-c2ncn(C([2H])([2H])[2H])n2)c1OC. The Kier molecular flexibility index (Phi) is 11.2. The third kappa shape index (κ3) is 10.9. The molecule has 24 nitrogen and oxygen atoms in total. The van der Waals surface area contributed by atoms with Crippen LogP contribution in [0, 0.1) is 0 Å². The van der Waals surface area contributed by atoms with Crippen molar-refractivity contribution >= 4 is 64.0 Å². The van der Waals surface area contributed by atoms with Crippen LogP contribution in [0.3, 0.4) is 0 Å². The van der Waals surface area contributed by atoms with Crippen molar-refractivity contribution in [3.8, 4) is 34.3 Å². The normalized spacial score (nSPS) is 18.5. The van der Waals surface area contributed by atoms with Crippen LogP contribution in [-0.2, 0) is 14.0 Å². The number of anilines is 5. The largest absolute Gasteiger partial charge is 0.494 e. The Hall–Kier alpha value is -8.15. The topological polar surface area (TPSA) is 270 Å². The number of ether oxygens (including phenoxy) is 2. The number of aryl methyl sites for hydroxylation is 2. The summed E-state index contributed by atoms with van der Waals surface area (Å²) in [6.07, 6.45) is 8.85. The monoisotopic (exact) mass is 1000 g/mol. The van der Waals surface area contributed by atoms with Crippen LogP contribution >= 0.6 is 11.6 Å². The van der Waals surface area contributed by atoms with Gasteiger partial charge in [-0.2, -0.15) is 10.2 Å². The molecule has 4 aliphatic rings. The maximum absolute atomic E-state index is 13.1. The van der Waals surface area contributed by atoms with Gasteiger partial charge in [-0.05, 0) is 62.8 Å². The maximum atomic E-state index is 13.1. The van der Waals surface area contributed by atoms with Crippen molar-refractivity contribution in [2.24, 2.45) is 14.0 Å². The van der Waals surface area contributed by atoms with Crippen LogP contribution < -0.4 is 41.0 Å². The van der Waals surface area contributed by atoms with Gasteiger partial charge in [0.2, 0.25) is 0 Å². The molecule has 6 heterocycles. The van der Waals surface area contributed by atoms with E-state index in [1.165, 1.54) is 50.5 Å². The predicted octanol–water partition coefficient (Wildman–Crippen LogP) is 4.78. The third-order valence-corrected chi connectivity index (χ3v) is 12.1. The Bertz CT molecular complexity index is 3350. The van der Waals surface area contributed by atoms with Gasteiger partial charge in [-0.25, -0.2) is 19.6 Å². The molecule has 0 bridgehead atoms. The van der Waals surface area contributed by atoms with Crippen LogP contribution in [0.2, 0.25) is 5.15 Å². The maximum Gasteiger partial charge on any atom is 0.326 e. The van der Waals surface area contributed by atoms with E-state index >= 15 is 0 Å². The van der Waals surface area contributed by atoms with Gasteiger partial charge in [0.1, 0.15) is 12.7 Å². The Balaban J connectivity index is 0.000000189. The predicted molar refractivity (Wildman–Crippen MR) is 263 cm³/mol. The summed E-state index contributed by atoms with van der Waals surface area (Å²) < 4.78 is 101. The number of benzene rings is 2. The molecule has 0 unspecified atom stereocenters. The number of methoxy groups -OCH3 is 2. The molecule has 2 aromatic carbocycles. The second kappa shape index (κ2) is 22.1. The summed E-state index contributed by atoms with van der Waals surface area (Å²) in [6, 6.07) is 13.1. The zero-order valence-corrected chi connectivity index (χ0v) is 38.9. The summed E-state index contributed by atoms with van der Waals surface area (Å²) in [5.41, 5.74) is 0.811. The second-order valence-corrected chi connectivity index (χ2v) is 16.5. The molecule has 2 aliphatic carbocycles. The van der Waals surface area contributed by atoms with Gasteiger partial charge in [0.05, 0.1) is 48.1 Å². The number of rotatable bonds is 13. The number of aromatic nitrogens is 10. The quantitative estimate of drug-likeness (QED) is 0.104. The fraction of sp³-hybridized carbons (Fsp3) is 0.391. The lowest BCUT2D eigenvalue weighted by Crippen LogP contribution is -2.43. The molecular weight excluding hydrogens is 936 g/mol. The Morgan fingerprint density at radius 1 is 0.704 bits per heavy atom. The fourth-order valence-corrected chi connectivity index (χ4v) is 8.14. The second-order valence-electron chi connectivity index (χ2n) is 16.1. The Labute approximate surface area is 430 Å². The molecule has 6 amide bonds. The lowest BCUT2D eigenvalue weighted by atomic mass is 9.92. The minimum Gasteiger partial charge on any atom is -0.494 e. The number of amides is 6. The smallest absolute Gasteiger partial charge is 0.326 e. The first-order valence-corrected chi connectivity index (χ1v) is 22.4. The van der Waals surface area contributed by atoms with E-state index in [1.807, 2.05) is 15.5 Å². The van der Waals surface area contributed by atoms with Gasteiger partial charge in [-0.15, -0.1) is 20.4 Å². The highest BCUT2D eigenvalue weighted by Crippen LogP contribution is 2.39. The fourth-order valence-electron chi connectivity index (χ4n) is 7.99. The number of nitrogens with zero attached hydrogens (tertiary/aromatic N) is 13. The van der Waals surface area contributed by atoms with E-state index in [9.17, 15) is 19.2 Å². The number of para-hydroxylation sites is 2. The van der Waals surface area contributed by atoms with Gasteiger partial charge in [-0.1, -0.05) is 23.7 Å². The van der Waals surface area contributed by atoms with Crippen molar-refractivity contribution in [1.82, 2.24) is 75.7 Å². The zero-order chi connectivity index (χ0) is 60.2. The first-order valence-electron chi connectivity index (χ1n) is 28.0. The molecule has 2 saturated carbocycles. The molecular formula is C46H55ClN18O6. The van der Waals surface area contributed by atoms with Crippen molar-refractivity contribution < 1.29 is 45.1 Å². The molecule has 0 spiro atoms. The molecule has 2 saturated heterocycles. The average Bonchev–Trinajstić information content (AvgIpc) is 4.31. The third-order valence-electron chi connectivity index (χ3n) is 11.9. The van der Waals surface area contributed by atoms with E-state index in [4.69, 9.17) is 37.5 Å². The minimum absolute atomic E-state index is 0.0499. The molecule has 10 rings (SSSR count). The lowest BCUT2D eigenvalue weighted by molar-refractivity contribution is 0.0950. The first kappa shape index (κ1) is 35.9. The number of hydrogen-bond donors (Lipinski definition) is 5. The molecule has 4 fully saturated rings. The lowest BCUT2D eigenvalue weighted by Gasteiger charge is -2.34. The number of carbonyl (C=O) groups is 4. The van der Waals surface area contributed by atoms with Crippen LogP contribution in [0.4, 0.5) is 38.2 Å². The Morgan fingerprint density at radius 2 is 1.25 bits per heavy atom. The van der Waals surface area contributed by atoms with E-state index in [-0.39, 0.29) is 75.0 Å². The molecule has 0 radical (unpaired) electrons. The Morgan fingerprint density at radius 3 is 1.73 bits per heavy atom. The minimum atomic E-state index is -2.78. The first-order chi connectivity index (χ1) is 39.1. The van der Waals surface area contributed by atoms with Gasteiger partial charge < -0.3 is 45.9 Å². The molecule has 0 atom stereocenters. The number of carbonyl (C=O) groups excluding carboxylic acids is 4. The standard InChI is InChI=1S/C23H27N9O3.C16H16ClN7O2.C7H12N2O/c1-24-22(33)19-17(12-18(27-28-19)32-11-10-31(23(32)34)14-6-4-7-14)26-16-9-5-8-15(20(16)35-3)21-25-13-30(2)29-21;1-18-16(25)13-11(7-12(17)21-22-13)20-10-6-4-5-9(14(10)26-3)15-19-8-24(2)23-15;10-7-8-4-5-9(7)6-2-1-3-6/h5,8-9,12-14H,4,6-7,10-11H2,1-3H3,(H,24,33)(H,26,27);4-8H,1-3H3,(H,18,25)(H,20,21);6H,1-5H2,(H,8,10)/i2*1D3,2D3;. The summed E-state index contributed by atoms with van der Waals surface area (Å²) in [4.78, 5) is 62.7. The molecule has 71 heavy (non-hydrogen) atoms. The van der Waals surface area contributed by atoms with Crippen molar-refractivity contribution in [2.75, 3.05) is 69.9 Å². The highest BCUT2D eigenvalue weighted by atomic mass is 35.5. The number of nitrogens with one attached hydrogen (secondary N) is 5. The van der Waals surface area contributed by atoms with Crippen LogP contribution in [-0.4, -0.2) is 150 Å². The summed E-state index contributed by atoms with van der Waals surface area (Å²) >= 11 is 5.90. The van der Waals surface area contributed by atoms with Gasteiger partial charge in [0.25, 0.3) is 11.8 Å². The van der Waals surface area contributed by atoms with E-state index in [2.05, 4.69) is 56.5 Å². The van der Waals surface area contributed by atoms with Gasteiger partial charge in [-0.3, -0.25) is 23.9 Å². The number of hydrogen-bond acceptors (Lipinski definition) is 16. The van der Waals surface area contributed by atoms with Crippen LogP contribution in [0.15, 0.2) is 61.2 Å². The highest BCUT2D eigenvalue weighted by molar-refractivity contribution is 6.29. The molecule has 4 aromatic heterocycles. The average molecular weight is 1000 g/mol. The molecule has 372 valence electrons. The summed E-state index contributed by atoms with van der Waals surface area (Å²) in [6.45, 7) is -7.88. The highest BCUT2D eigenvalue weighted by Gasteiger charge is 2.38. The zero-order valence-electron chi connectivity index (χ0n) is 50.1. The van der Waals surface area contributed by atoms with Gasteiger partial charge in [0.15, 0.2) is 45.5 Å². The van der Waals surface area contributed by atoms with Crippen molar-refractivity contribution in [2.45, 2.75) is 50.6 Å². The molecule has 6 aromatic rings. The summed E-state index contributed by atoms with van der Waals surface area (Å²) in [5, 5.41) is 35.8. The van der Waals surface area contributed by atoms with Crippen LogP contribution in [0.25, 0.3) is 22.8 Å². The van der Waals surface area contributed by atoms with Gasteiger partial charge in [0, 0.05) is 94.7 Å². The van der Waals surface area contributed by atoms with E-state index < -0.39 is 39.7 Å². The van der Waals surface area contributed by atoms with E-state index in [1.54, 1.807) is 41.3 Å². The number of halogens is 1. The van der Waals surface area contributed by atoms with E-state index in [0.29, 0.717) is 41.6 Å². The van der Waals surface area contributed by atoms with Crippen LogP contribution in [0.5, 0.6) is 11.5 Å². The van der Waals surface area contributed by atoms with Crippen LogP contribution in [0.1, 0.15) is 76.0 Å². The molecule has 25 heteroatoms. The van der Waals surface area contributed by atoms with Crippen molar-refractivity contribution in [1.29, 1.82) is 0 Å². The van der Waals surface area contributed by atoms with Crippen molar-refractivity contribution in [3.05, 3.63) is 77.7 Å². The molecule has 5 N–H and O–H groups in total.